The van der Waals surface area contributed by atoms with Gasteiger partial charge < -0.3 is 28.1 Å². The third-order valence-corrected chi connectivity index (χ3v) is 12.3. The second kappa shape index (κ2) is 12.1. The van der Waals surface area contributed by atoms with Gasteiger partial charge in [0.05, 0.1) is 6.61 Å². The van der Waals surface area contributed by atoms with E-state index in [4.69, 9.17) is 28.1 Å². The molecule has 198 valence electrons. The predicted octanol–water partition coefficient (Wildman–Crippen LogP) is 3.88. The molecule has 0 unspecified atom stereocenters. The van der Waals surface area contributed by atoms with Crippen molar-refractivity contribution in [1.29, 1.82) is 0 Å². The predicted molar refractivity (Wildman–Crippen MR) is 133 cm³/mol. The minimum atomic E-state index is -2.18. The topological polar surface area (TPSA) is 107 Å². The molecule has 0 amide bonds. The summed E-state index contributed by atoms with van der Waals surface area (Å²) in [5.74, 6) is -1.78. The summed E-state index contributed by atoms with van der Waals surface area (Å²) in [6.07, 6.45) is -5.04. The van der Waals surface area contributed by atoms with E-state index in [0.29, 0.717) is 6.61 Å². The first kappa shape index (κ1) is 30.8. The Hall–Kier alpha value is -1.28. The minimum absolute atomic E-state index is 0.0542. The molecule has 0 bridgehead atoms. The number of carbonyl (C=O) groups excluding carboxylic acids is 3. The first-order valence-corrected chi connectivity index (χ1v) is 18.4. The highest BCUT2D eigenvalue weighted by molar-refractivity contribution is 6.76. The molecule has 1 rings (SSSR count). The van der Waals surface area contributed by atoms with Crippen molar-refractivity contribution in [3.05, 3.63) is 0 Å². The third kappa shape index (κ3) is 9.76. The van der Waals surface area contributed by atoms with E-state index < -0.39 is 65.0 Å². The van der Waals surface area contributed by atoms with Gasteiger partial charge in [0.2, 0.25) is 0 Å². The van der Waals surface area contributed by atoms with Crippen molar-refractivity contribution in [2.24, 2.45) is 0 Å². The molecule has 1 aliphatic rings. The van der Waals surface area contributed by atoms with Gasteiger partial charge in [0.15, 0.2) is 32.9 Å². The molecule has 0 saturated carbocycles. The van der Waals surface area contributed by atoms with Gasteiger partial charge in [-0.2, -0.15) is 0 Å². The van der Waals surface area contributed by atoms with Crippen molar-refractivity contribution >= 4 is 34.3 Å². The van der Waals surface area contributed by atoms with Gasteiger partial charge in [-0.3, -0.25) is 14.4 Å². The van der Waals surface area contributed by atoms with E-state index in [-0.39, 0.29) is 11.6 Å². The fraction of sp³-hybridized carbons (Fsp3) is 0.870. The van der Waals surface area contributed by atoms with Crippen molar-refractivity contribution in [2.75, 3.05) is 13.2 Å². The molecule has 1 heterocycles. The summed E-state index contributed by atoms with van der Waals surface area (Å²) in [5.41, 5.74) is 0. The summed E-state index contributed by atoms with van der Waals surface area (Å²) in [6, 6.07) is 0.858. The van der Waals surface area contributed by atoms with Crippen LogP contribution in [0.1, 0.15) is 41.5 Å². The molecule has 11 heteroatoms. The summed E-state index contributed by atoms with van der Waals surface area (Å²) >= 11 is 0. The Kier molecular flexibility index (Phi) is 11.0. The summed E-state index contributed by atoms with van der Waals surface area (Å²) in [6.45, 7) is 21.4. The van der Waals surface area contributed by atoms with E-state index in [1.54, 1.807) is 0 Å². The highest BCUT2D eigenvalue weighted by Crippen LogP contribution is 2.38. The lowest BCUT2D eigenvalue weighted by molar-refractivity contribution is -0.306. The van der Waals surface area contributed by atoms with Crippen LogP contribution in [0.5, 0.6) is 0 Å². The van der Waals surface area contributed by atoms with Gasteiger partial charge >= 0.3 is 17.9 Å². The summed E-state index contributed by atoms with van der Waals surface area (Å²) < 4.78 is 35.1. The second-order valence-electron chi connectivity index (χ2n) is 11.5. The summed E-state index contributed by atoms with van der Waals surface area (Å²) in [4.78, 5) is 35.8. The van der Waals surface area contributed by atoms with Gasteiger partial charge in [0.1, 0.15) is 6.10 Å². The van der Waals surface area contributed by atoms with E-state index in [1.165, 1.54) is 20.8 Å². The van der Waals surface area contributed by atoms with Crippen LogP contribution >= 0.6 is 0 Å². The number of esters is 3. The maximum absolute atomic E-state index is 12.0. The van der Waals surface area contributed by atoms with Crippen LogP contribution in [0.2, 0.25) is 43.8 Å². The molecule has 0 N–H and O–H groups in total. The molecule has 1 aliphatic heterocycles. The van der Waals surface area contributed by atoms with Crippen LogP contribution in [0.15, 0.2) is 0 Å². The Balaban J connectivity index is 3.32. The average Bonchev–Trinajstić information content (AvgIpc) is 2.61. The first-order chi connectivity index (χ1) is 15.3. The molecule has 34 heavy (non-hydrogen) atoms. The third-order valence-electron chi connectivity index (χ3n) is 6.05. The first-order valence-electron chi connectivity index (χ1n) is 11.8. The molecule has 0 aromatic carbocycles. The maximum Gasteiger partial charge on any atom is 0.303 e. The van der Waals surface area contributed by atoms with Crippen LogP contribution in [0.3, 0.4) is 0 Å². The summed E-state index contributed by atoms with van der Waals surface area (Å²) in [7, 11) is -3.59. The second-order valence-corrected chi connectivity index (χ2v) is 21.9. The van der Waals surface area contributed by atoms with Gasteiger partial charge in [0.25, 0.3) is 0 Å². The molecule has 0 aromatic rings. The molecule has 0 spiro atoms. The largest absolute Gasteiger partial charge is 0.456 e. The standard InChI is InChI=1S/C23H44O9Si2/c1-15(24)29-19-18(14-28-34(10,11)23(4,5)6)32-22(27-12-13-33(7,8)9)21(31-17(3)26)20(19)30-16(2)25/h18-22H,12-14H2,1-11H3/t18-,19+,20+,21-,22-/m1/s1. The van der Waals surface area contributed by atoms with Gasteiger partial charge in [-0.15, -0.1) is 0 Å². The molecular weight excluding hydrogens is 476 g/mol. The molecule has 0 radical (unpaired) electrons. The molecular formula is C23H44O9Si2. The smallest absolute Gasteiger partial charge is 0.303 e. The zero-order valence-corrected chi connectivity index (χ0v) is 24.7. The van der Waals surface area contributed by atoms with Gasteiger partial charge in [0, 0.05) is 35.5 Å². The highest BCUT2D eigenvalue weighted by Gasteiger charge is 2.53. The molecule has 0 aliphatic carbocycles. The normalized spacial score (nSPS) is 26.0. The van der Waals surface area contributed by atoms with Gasteiger partial charge in [-0.05, 0) is 24.2 Å². The Morgan fingerprint density at radius 1 is 0.794 bits per heavy atom. The Bertz CT molecular complexity index is 712. The number of ether oxygens (including phenoxy) is 5. The molecule has 5 atom stereocenters. The van der Waals surface area contributed by atoms with E-state index in [9.17, 15) is 14.4 Å². The van der Waals surface area contributed by atoms with Gasteiger partial charge in [-0.1, -0.05) is 40.4 Å². The number of carbonyl (C=O) groups is 3. The molecule has 9 nitrogen and oxygen atoms in total. The van der Waals surface area contributed by atoms with Crippen LogP contribution in [0, 0.1) is 0 Å². The van der Waals surface area contributed by atoms with Crippen molar-refractivity contribution < 1.29 is 42.5 Å². The van der Waals surface area contributed by atoms with E-state index >= 15 is 0 Å². The minimum Gasteiger partial charge on any atom is -0.456 e. The van der Waals surface area contributed by atoms with Gasteiger partial charge in [-0.25, -0.2) is 0 Å². The highest BCUT2D eigenvalue weighted by atomic mass is 28.4. The zero-order chi connectivity index (χ0) is 26.5. The number of rotatable bonds is 10. The van der Waals surface area contributed by atoms with Crippen LogP contribution in [0.25, 0.3) is 0 Å². The van der Waals surface area contributed by atoms with Crippen molar-refractivity contribution in [2.45, 2.75) is 116 Å². The maximum atomic E-state index is 12.0. The van der Waals surface area contributed by atoms with Crippen LogP contribution in [-0.4, -0.2) is 78.2 Å². The molecule has 0 aromatic heterocycles. The quantitative estimate of drug-likeness (QED) is 0.241. The lowest BCUT2D eigenvalue weighted by Crippen LogP contribution is -2.63. The monoisotopic (exact) mass is 520 g/mol. The molecule has 1 fully saturated rings. The van der Waals surface area contributed by atoms with Crippen LogP contribution < -0.4 is 0 Å². The van der Waals surface area contributed by atoms with Crippen LogP contribution in [-0.2, 0) is 42.5 Å². The Morgan fingerprint density at radius 3 is 1.71 bits per heavy atom. The Labute approximate surface area is 206 Å². The lowest BCUT2D eigenvalue weighted by atomic mass is 9.98. The fourth-order valence-corrected chi connectivity index (χ4v) is 4.86. The Morgan fingerprint density at radius 2 is 1.26 bits per heavy atom. The average molecular weight is 521 g/mol. The van der Waals surface area contributed by atoms with Crippen molar-refractivity contribution in [3.8, 4) is 0 Å². The van der Waals surface area contributed by atoms with E-state index in [1.807, 2.05) is 0 Å². The fourth-order valence-electron chi connectivity index (χ4n) is 3.11. The number of hydrogen-bond acceptors (Lipinski definition) is 9. The van der Waals surface area contributed by atoms with E-state index in [2.05, 4.69) is 53.5 Å². The lowest BCUT2D eigenvalue weighted by Gasteiger charge is -2.45. The van der Waals surface area contributed by atoms with Crippen molar-refractivity contribution in [1.82, 2.24) is 0 Å². The van der Waals surface area contributed by atoms with E-state index in [0.717, 1.165) is 6.04 Å². The van der Waals surface area contributed by atoms with Crippen LogP contribution in [0.4, 0.5) is 0 Å². The zero-order valence-electron chi connectivity index (χ0n) is 22.7. The molecule has 1 saturated heterocycles. The van der Waals surface area contributed by atoms with Crippen molar-refractivity contribution in [3.63, 3.8) is 0 Å². The number of hydrogen-bond donors (Lipinski definition) is 0. The summed E-state index contributed by atoms with van der Waals surface area (Å²) in [5, 5.41) is -0.0542. The SMILES string of the molecule is CC(=O)O[C@H]1[C@@H](OC(C)=O)[C@@H](CO[Si](C)(C)C(C)(C)C)O[C@@H](OCC[Si](C)(C)C)[C@@H]1OC(C)=O.